The largest absolute Gasteiger partial charge is 0.298 e. The van der Waals surface area contributed by atoms with Crippen LogP contribution in [-0.2, 0) is 16.4 Å². The fourth-order valence-electron chi connectivity index (χ4n) is 3.21. The van der Waals surface area contributed by atoms with Gasteiger partial charge in [-0.3, -0.25) is 9.88 Å². The summed E-state index contributed by atoms with van der Waals surface area (Å²) in [7, 11) is -3.12. The van der Waals surface area contributed by atoms with Gasteiger partial charge in [0.05, 0.1) is 4.90 Å². The first-order valence-corrected chi connectivity index (χ1v) is 9.83. The summed E-state index contributed by atoms with van der Waals surface area (Å²) < 4.78 is 23.0. The Balaban J connectivity index is 1.66. The van der Waals surface area contributed by atoms with E-state index in [4.69, 9.17) is 0 Å². The van der Waals surface area contributed by atoms with Crippen molar-refractivity contribution in [2.24, 2.45) is 0 Å². The van der Waals surface area contributed by atoms with Crippen molar-refractivity contribution in [3.8, 4) is 0 Å². The van der Waals surface area contributed by atoms with E-state index in [1.807, 2.05) is 24.5 Å². The van der Waals surface area contributed by atoms with Gasteiger partial charge in [0, 0.05) is 31.7 Å². The van der Waals surface area contributed by atoms with Gasteiger partial charge in [-0.25, -0.2) is 8.42 Å². The predicted molar refractivity (Wildman–Crippen MR) is 91.0 cm³/mol. The summed E-state index contributed by atoms with van der Waals surface area (Å²) in [6.45, 7) is 3.00. The fourth-order valence-corrected chi connectivity index (χ4v) is 3.84. The van der Waals surface area contributed by atoms with Crippen LogP contribution in [-0.4, -0.2) is 37.6 Å². The average Bonchev–Trinajstić information content (AvgIpc) is 2.56. The molecule has 0 amide bonds. The molecule has 1 aromatic carbocycles. The summed E-state index contributed by atoms with van der Waals surface area (Å²) in [6, 6.07) is 11.5. The first kappa shape index (κ1) is 16.1. The average molecular weight is 330 g/mol. The highest BCUT2D eigenvalue weighted by Crippen LogP contribution is 2.27. The Bertz CT molecular complexity index is 742. The molecular weight excluding hydrogens is 308 g/mol. The first-order valence-electron chi connectivity index (χ1n) is 7.93. The zero-order valence-electron chi connectivity index (χ0n) is 13.4. The standard InChI is InChI=1S/C18H22N2O2S/c1-23(21,22)18-6-4-15(5-7-18)13-20-12-2-3-17(14-20)16-8-10-19-11-9-16/h4-11,17H,2-3,12-14H2,1H3/t17-/m0/s1. The predicted octanol–water partition coefficient (Wildman–Crippen LogP) is 2.86. The fraction of sp³-hybridized carbons (Fsp3) is 0.389. The van der Waals surface area contributed by atoms with Crippen LogP contribution in [0.3, 0.4) is 0 Å². The number of piperidine rings is 1. The summed E-state index contributed by atoms with van der Waals surface area (Å²) in [5.41, 5.74) is 2.52. The zero-order valence-corrected chi connectivity index (χ0v) is 14.2. The lowest BCUT2D eigenvalue weighted by Gasteiger charge is -2.33. The minimum absolute atomic E-state index is 0.384. The van der Waals surface area contributed by atoms with Crippen LogP contribution in [0.25, 0.3) is 0 Å². The van der Waals surface area contributed by atoms with Crippen LogP contribution in [0.15, 0.2) is 53.7 Å². The molecule has 23 heavy (non-hydrogen) atoms. The molecule has 2 heterocycles. The van der Waals surface area contributed by atoms with Crippen LogP contribution in [0.4, 0.5) is 0 Å². The Morgan fingerprint density at radius 2 is 1.83 bits per heavy atom. The molecule has 1 aliphatic rings. The van der Waals surface area contributed by atoms with E-state index in [1.165, 1.54) is 24.7 Å². The third-order valence-electron chi connectivity index (χ3n) is 4.44. The molecule has 1 fully saturated rings. The molecule has 5 heteroatoms. The molecule has 1 aliphatic heterocycles. The Kier molecular flexibility index (Phi) is 4.78. The highest BCUT2D eigenvalue weighted by molar-refractivity contribution is 7.90. The molecule has 0 unspecified atom stereocenters. The number of pyridine rings is 1. The molecule has 2 aromatic rings. The van der Waals surface area contributed by atoms with Crippen molar-refractivity contribution in [2.45, 2.75) is 30.2 Å². The summed E-state index contributed by atoms with van der Waals surface area (Å²) in [5.74, 6) is 0.557. The molecule has 3 rings (SSSR count). The van der Waals surface area contributed by atoms with Crippen LogP contribution >= 0.6 is 0 Å². The Morgan fingerprint density at radius 3 is 2.48 bits per heavy atom. The highest BCUT2D eigenvalue weighted by atomic mass is 32.2. The highest BCUT2D eigenvalue weighted by Gasteiger charge is 2.21. The molecule has 0 spiro atoms. The van der Waals surface area contributed by atoms with Gasteiger partial charge in [0.15, 0.2) is 9.84 Å². The number of nitrogens with zero attached hydrogens (tertiary/aromatic N) is 2. The maximum atomic E-state index is 11.5. The third-order valence-corrected chi connectivity index (χ3v) is 5.57. The molecule has 0 saturated carbocycles. The zero-order chi connectivity index (χ0) is 16.3. The first-order chi connectivity index (χ1) is 11.0. The van der Waals surface area contributed by atoms with E-state index < -0.39 is 9.84 Å². The van der Waals surface area contributed by atoms with Gasteiger partial charge in [0.25, 0.3) is 0 Å². The second kappa shape index (κ2) is 6.81. The van der Waals surface area contributed by atoms with Gasteiger partial charge < -0.3 is 0 Å². The SMILES string of the molecule is CS(=O)(=O)c1ccc(CN2CCC[C@H](c3ccncc3)C2)cc1. The molecule has 1 saturated heterocycles. The van der Waals surface area contributed by atoms with Crippen LogP contribution in [0.2, 0.25) is 0 Å². The van der Waals surface area contributed by atoms with E-state index in [1.54, 1.807) is 12.1 Å². The maximum Gasteiger partial charge on any atom is 0.175 e. The molecule has 0 bridgehead atoms. The van der Waals surface area contributed by atoms with Gasteiger partial charge in [0.1, 0.15) is 0 Å². The van der Waals surface area contributed by atoms with Crippen LogP contribution < -0.4 is 0 Å². The smallest absolute Gasteiger partial charge is 0.175 e. The molecular formula is C18H22N2O2S. The van der Waals surface area contributed by atoms with E-state index in [0.717, 1.165) is 25.2 Å². The Morgan fingerprint density at radius 1 is 1.13 bits per heavy atom. The van der Waals surface area contributed by atoms with E-state index in [2.05, 4.69) is 22.0 Å². The Hall–Kier alpha value is -1.72. The van der Waals surface area contributed by atoms with Crippen LogP contribution in [0.5, 0.6) is 0 Å². The summed E-state index contributed by atoms with van der Waals surface area (Å²) in [6.07, 6.45) is 7.37. The third kappa shape index (κ3) is 4.18. The van der Waals surface area contributed by atoms with Crippen molar-refractivity contribution >= 4 is 9.84 Å². The minimum Gasteiger partial charge on any atom is -0.298 e. The Labute approximate surface area is 138 Å². The number of likely N-dealkylation sites (tertiary alicyclic amines) is 1. The summed E-state index contributed by atoms with van der Waals surface area (Å²) in [4.78, 5) is 6.92. The molecule has 1 atom stereocenters. The number of hydrogen-bond donors (Lipinski definition) is 0. The van der Waals surface area contributed by atoms with Gasteiger partial charge in [-0.05, 0) is 60.7 Å². The van der Waals surface area contributed by atoms with Crippen molar-refractivity contribution in [1.29, 1.82) is 0 Å². The van der Waals surface area contributed by atoms with E-state index in [9.17, 15) is 8.42 Å². The van der Waals surface area contributed by atoms with E-state index >= 15 is 0 Å². The number of hydrogen-bond acceptors (Lipinski definition) is 4. The van der Waals surface area contributed by atoms with Gasteiger partial charge in [-0.1, -0.05) is 12.1 Å². The van der Waals surface area contributed by atoms with Crippen LogP contribution in [0, 0.1) is 0 Å². The monoisotopic (exact) mass is 330 g/mol. The van der Waals surface area contributed by atoms with Crippen molar-refractivity contribution in [2.75, 3.05) is 19.3 Å². The number of rotatable bonds is 4. The van der Waals surface area contributed by atoms with Gasteiger partial charge in [0.2, 0.25) is 0 Å². The van der Waals surface area contributed by atoms with Gasteiger partial charge >= 0.3 is 0 Å². The van der Waals surface area contributed by atoms with Crippen molar-refractivity contribution in [1.82, 2.24) is 9.88 Å². The van der Waals surface area contributed by atoms with Crippen molar-refractivity contribution < 1.29 is 8.42 Å². The minimum atomic E-state index is -3.12. The van der Waals surface area contributed by atoms with Crippen molar-refractivity contribution in [3.63, 3.8) is 0 Å². The molecule has 122 valence electrons. The summed E-state index contributed by atoms with van der Waals surface area (Å²) in [5, 5.41) is 0. The van der Waals surface area contributed by atoms with Gasteiger partial charge in [-0.15, -0.1) is 0 Å². The van der Waals surface area contributed by atoms with Crippen LogP contribution in [0.1, 0.15) is 29.9 Å². The topological polar surface area (TPSA) is 50.3 Å². The second-order valence-corrected chi connectivity index (χ2v) is 8.29. The van der Waals surface area contributed by atoms with Crippen molar-refractivity contribution in [3.05, 3.63) is 59.9 Å². The lowest BCUT2D eigenvalue weighted by molar-refractivity contribution is 0.200. The number of aromatic nitrogens is 1. The van der Waals surface area contributed by atoms with E-state index in [-0.39, 0.29) is 0 Å². The summed E-state index contributed by atoms with van der Waals surface area (Å²) >= 11 is 0. The second-order valence-electron chi connectivity index (χ2n) is 6.27. The molecule has 0 N–H and O–H groups in total. The van der Waals surface area contributed by atoms with Gasteiger partial charge in [-0.2, -0.15) is 0 Å². The number of sulfone groups is 1. The maximum absolute atomic E-state index is 11.5. The lowest BCUT2D eigenvalue weighted by atomic mass is 9.91. The van der Waals surface area contributed by atoms with E-state index in [0.29, 0.717) is 10.8 Å². The normalized spacial score (nSPS) is 19.6. The molecule has 0 aliphatic carbocycles. The lowest BCUT2D eigenvalue weighted by Crippen LogP contribution is -2.33. The quantitative estimate of drug-likeness (QED) is 0.865. The molecule has 4 nitrogen and oxygen atoms in total. The number of benzene rings is 1. The molecule has 0 radical (unpaired) electrons. The molecule has 1 aromatic heterocycles.